The Morgan fingerprint density at radius 3 is 2.65 bits per heavy atom. The van der Waals surface area contributed by atoms with Crippen LogP contribution in [0.5, 0.6) is 11.5 Å². The third kappa shape index (κ3) is 4.48. The molecule has 0 aliphatic carbocycles. The lowest BCUT2D eigenvalue weighted by Crippen LogP contribution is -2.34. The van der Waals surface area contributed by atoms with Crippen LogP contribution in [0, 0.1) is 0 Å². The van der Waals surface area contributed by atoms with E-state index in [1.54, 1.807) is 18.2 Å². The highest BCUT2D eigenvalue weighted by atomic mass is 35.5. The zero-order chi connectivity index (χ0) is 17.0. The molecule has 0 aliphatic heterocycles. The van der Waals surface area contributed by atoms with Crippen LogP contribution in [0.25, 0.3) is 0 Å². The van der Waals surface area contributed by atoms with E-state index >= 15 is 0 Å². The van der Waals surface area contributed by atoms with Crippen LogP contribution >= 0.6 is 35.4 Å². The summed E-state index contributed by atoms with van der Waals surface area (Å²) in [5, 5.41) is 15.6. The highest BCUT2D eigenvalue weighted by Gasteiger charge is 2.13. The summed E-state index contributed by atoms with van der Waals surface area (Å²) in [5.41, 5.74) is 0.491. The van der Waals surface area contributed by atoms with Gasteiger partial charge in [-0.2, -0.15) is 0 Å². The number of anilines is 1. The van der Waals surface area contributed by atoms with Crippen LogP contribution in [-0.2, 0) is 0 Å². The number of amides is 1. The lowest BCUT2D eigenvalue weighted by molar-refractivity contribution is 0.0978. The molecule has 0 heterocycles. The molecule has 0 saturated carbocycles. The summed E-state index contributed by atoms with van der Waals surface area (Å²) < 4.78 is 5.06. The number of carbonyl (C=O) groups is 1. The molecular weight excluding hydrogens is 359 g/mol. The first-order valence-corrected chi connectivity index (χ1v) is 7.51. The second-order valence-electron chi connectivity index (χ2n) is 4.42. The standard InChI is InChI=1S/C15H12Cl2N2O3S/c1-22-9-3-5-13(20)12(7-9)18-15(23)19-14(21)10-6-8(16)2-4-11(10)17/h2-7,20H,1H3,(H2,18,19,21,23). The van der Waals surface area contributed by atoms with Crippen molar-refractivity contribution in [3.63, 3.8) is 0 Å². The Hall–Kier alpha value is -2.02. The second-order valence-corrected chi connectivity index (χ2v) is 5.67. The van der Waals surface area contributed by atoms with Crippen molar-refractivity contribution in [3.8, 4) is 11.5 Å². The third-order valence-electron chi connectivity index (χ3n) is 2.85. The Bertz CT molecular complexity index is 768. The molecule has 0 saturated heterocycles. The normalized spacial score (nSPS) is 10.0. The number of phenols is 1. The molecule has 0 aromatic heterocycles. The molecule has 120 valence electrons. The van der Waals surface area contributed by atoms with E-state index < -0.39 is 5.91 Å². The minimum absolute atomic E-state index is 0.00500. The molecule has 0 atom stereocenters. The fourth-order valence-electron chi connectivity index (χ4n) is 1.74. The maximum atomic E-state index is 12.2. The van der Waals surface area contributed by atoms with E-state index in [2.05, 4.69) is 10.6 Å². The van der Waals surface area contributed by atoms with Crippen molar-refractivity contribution in [1.29, 1.82) is 0 Å². The molecule has 8 heteroatoms. The lowest BCUT2D eigenvalue weighted by Gasteiger charge is -2.12. The first kappa shape index (κ1) is 17.3. The van der Waals surface area contributed by atoms with Gasteiger partial charge in [-0.05, 0) is 42.5 Å². The predicted molar refractivity (Wildman–Crippen MR) is 94.8 cm³/mol. The molecule has 0 unspecified atom stereocenters. The zero-order valence-corrected chi connectivity index (χ0v) is 14.2. The van der Waals surface area contributed by atoms with Gasteiger partial charge in [0.15, 0.2) is 5.11 Å². The fourth-order valence-corrected chi connectivity index (χ4v) is 2.32. The molecule has 1 amide bonds. The number of hydrogen-bond donors (Lipinski definition) is 3. The van der Waals surface area contributed by atoms with Crippen molar-refractivity contribution in [2.75, 3.05) is 12.4 Å². The number of carbonyl (C=O) groups excluding carboxylic acids is 1. The molecule has 2 rings (SSSR count). The number of thiocarbonyl (C=S) groups is 1. The van der Waals surface area contributed by atoms with Crippen molar-refractivity contribution in [2.24, 2.45) is 0 Å². The van der Waals surface area contributed by atoms with Crippen LogP contribution in [0.15, 0.2) is 36.4 Å². The Kier molecular flexibility index (Phi) is 5.65. The van der Waals surface area contributed by atoms with Gasteiger partial charge in [0.1, 0.15) is 11.5 Å². The summed E-state index contributed by atoms with van der Waals surface area (Å²) in [6, 6.07) is 9.10. The van der Waals surface area contributed by atoms with Gasteiger partial charge in [-0.3, -0.25) is 10.1 Å². The van der Waals surface area contributed by atoms with E-state index in [9.17, 15) is 9.90 Å². The Balaban J connectivity index is 2.10. The average Bonchev–Trinajstić information content (AvgIpc) is 2.51. The summed E-state index contributed by atoms with van der Waals surface area (Å²) in [7, 11) is 1.50. The van der Waals surface area contributed by atoms with Gasteiger partial charge in [0.25, 0.3) is 5.91 Å². The smallest absolute Gasteiger partial charge is 0.258 e. The zero-order valence-electron chi connectivity index (χ0n) is 11.9. The molecule has 0 aliphatic rings. The molecule has 5 nitrogen and oxygen atoms in total. The number of rotatable bonds is 3. The van der Waals surface area contributed by atoms with Crippen LogP contribution < -0.4 is 15.4 Å². The number of methoxy groups -OCH3 is 1. The molecular formula is C15H12Cl2N2O3S. The fraction of sp³-hybridized carbons (Fsp3) is 0.0667. The van der Waals surface area contributed by atoms with E-state index in [1.807, 2.05) is 0 Å². The van der Waals surface area contributed by atoms with Crippen molar-refractivity contribution in [1.82, 2.24) is 5.32 Å². The second kappa shape index (κ2) is 7.50. The Labute approximate surface area is 148 Å². The van der Waals surface area contributed by atoms with Crippen molar-refractivity contribution < 1.29 is 14.6 Å². The third-order valence-corrected chi connectivity index (χ3v) is 3.62. The van der Waals surface area contributed by atoms with E-state index in [1.165, 1.54) is 25.3 Å². The quantitative estimate of drug-likeness (QED) is 0.565. The summed E-state index contributed by atoms with van der Waals surface area (Å²) in [4.78, 5) is 12.2. The SMILES string of the molecule is COc1ccc(O)c(NC(=S)NC(=O)c2cc(Cl)ccc2Cl)c1. The molecule has 0 spiro atoms. The van der Waals surface area contributed by atoms with E-state index in [0.29, 0.717) is 16.5 Å². The first-order chi connectivity index (χ1) is 10.9. The van der Waals surface area contributed by atoms with Gasteiger partial charge >= 0.3 is 0 Å². The summed E-state index contributed by atoms with van der Waals surface area (Å²) in [5.74, 6) is -0.0297. The predicted octanol–water partition coefficient (Wildman–Crippen LogP) is 3.83. The van der Waals surface area contributed by atoms with Crippen LogP contribution in [0.1, 0.15) is 10.4 Å². The van der Waals surface area contributed by atoms with Crippen molar-refractivity contribution >= 4 is 52.1 Å². The minimum atomic E-state index is -0.516. The molecule has 2 aromatic carbocycles. The highest BCUT2D eigenvalue weighted by molar-refractivity contribution is 7.80. The Morgan fingerprint density at radius 2 is 1.96 bits per heavy atom. The topological polar surface area (TPSA) is 70.6 Å². The lowest BCUT2D eigenvalue weighted by atomic mass is 10.2. The molecule has 0 radical (unpaired) electrons. The van der Waals surface area contributed by atoms with Gasteiger partial charge in [0, 0.05) is 11.1 Å². The summed E-state index contributed by atoms with van der Waals surface area (Å²) in [6.45, 7) is 0. The number of nitrogens with one attached hydrogen (secondary N) is 2. The number of phenolic OH excluding ortho intramolecular Hbond substituents is 1. The summed E-state index contributed by atoms with van der Waals surface area (Å²) in [6.07, 6.45) is 0. The van der Waals surface area contributed by atoms with Gasteiger partial charge in [0.05, 0.1) is 23.4 Å². The van der Waals surface area contributed by atoms with Gasteiger partial charge in [-0.1, -0.05) is 23.2 Å². The Morgan fingerprint density at radius 1 is 1.22 bits per heavy atom. The number of hydrogen-bond acceptors (Lipinski definition) is 4. The van der Waals surface area contributed by atoms with Crippen molar-refractivity contribution in [3.05, 3.63) is 52.0 Å². The number of benzene rings is 2. The number of halogens is 2. The van der Waals surface area contributed by atoms with Crippen molar-refractivity contribution in [2.45, 2.75) is 0 Å². The largest absolute Gasteiger partial charge is 0.506 e. The maximum absolute atomic E-state index is 12.2. The molecule has 2 aromatic rings. The maximum Gasteiger partial charge on any atom is 0.258 e. The van der Waals surface area contributed by atoms with E-state index in [0.717, 1.165) is 0 Å². The van der Waals surface area contributed by atoms with Gasteiger partial charge in [0.2, 0.25) is 0 Å². The van der Waals surface area contributed by atoms with Gasteiger partial charge in [-0.15, -0.1) is 0 Å². The van der Waals surface area contributed by atoms with E-state index in [4.69, 9.17) is 40.2 Å². The van der Waals surface area contributed by atoms with Gasteiger partial charge in [-0.25, -0.2) is 0 Å². The minimum Gasteiger partial charge on any atom is -0.506 e. The van der Waals surface area contributed by atoms with Crippen LogP contribution in [0.2, 0.25) is 10.0 Å². The van der Waals surface area contributed by atoms with Gasteiger partial charge < -0.3 is 15.2 Å². The number of aromatic hydroxyl groups is 1. The molecule has 0 bridgehead atoms. The monoisotopic (exact) mass is 370 g/mol. The van der Waals surface area contributed by atoms with E-state index in [-0.39, 0.29) is 21.4 Å². The van der Waals surface area contributed by atoms with Crippen LogP contribution in [0.4, 0.5) is 5.69 Å². The molecule has 0 fully saturated rings. The molecule has 3 N–H and O–H groups in total. The number of ether oxygens (including phenoxy) is 1. The van der Waals surface area contributed by atoms with Crippen LogP contribution in [0.3, 0.4) is 0 Å². The van der Waals surface area contributed by atoms with Crippen LogP contribution in [-0.4, -0.2) is 23.2 Å². The first-order valence-electron chi connectivity index (χ1n) is 6.35. The molecule has 23 heavy (non-hydrogen) atoms. The average molecular weight is 371 g/mol. The summed E-state index contributed by atoms with van der Waals surface area (Å²) >= 11 is 16.9. The highest BCUT2D eigenvalue weighted by Crippen LogP contribution is 2.27.